The second-order valence-corrected chi connectivity index (χ2v) is 10.1. The van der Waals surface area contributed by atoms with E-state index >= 15 is 0 Å². The molecule has 1 aliphatic rings. The van der Waals surface area contributed by atoms with Gasteiger partial charge in [-0.3, -0.25) is 9.36 Å². The third kappa shape index (κ3) is 3.98. The number of aliphatic hydroxyl groups is 1. The van der Waals surface area contributed by atoms with Crippen molar-refractivity contribution in [2.45, 2.75) is 45.8 Å². The van der Waals surface area contributed by atoms with E-state index in [0.717, 1.165) is 34.5 Å². The summed E-state index contributed by atoms with van der Waals surface area (Å²) in [6.07, 6.45) is 1.48. The predicted molar refractivity (Wildman–Crippen MR) is 138 cm³/mol. The second kappa shape index (κ2) is 9.41. The molecule has 0 unspecified atom stereocenters. The van der Waals surface area contributed by atoms with Gasteiger partial charge in [0.2, 0.25) is 5.91 Å². The number of benzene rings is 2. The molecule has 2 aromatic carbocycles. The van der Waals surface area contributed by atoms with E-state index in [9.17, 15) is 18.7 Å². The molecule has 0 saturated carbocycles. The zero-order valence-electron chi connectivity index (χ0n) is 20.6. The number of aliphatic hydroxyl groups excluding tert-OH is 1. The lowest BCUT2D eigenvalue weighted by Crippen LogP contribution is -2.39. The average molecular weight is 536 g/mol. The fourth-order valence-electron chi connectivity index (χ4n) is 5.12. The number of aryl methyl sites for hydroxylation is 2. The summed E-state index contributed by atoms with van der Waals surface area (Å²) in [5.74, 6) is -0.959. The summed E-state index contributed by atoms with van der Waals surface area (Å²) in [4.78, 5) is 24.2. The highest BCUT2D eigenvalue weighted by Gasteiger charge is 2.35. The molecule has 0 bridgehead atoms. The summed E-state index contributed by atoms with van der Waals surface area (Å²) in [6, 6.07) is 8.76. The minimum absolute atomic E-state index is 0.197. The number of piperidine rings is 1. The molecule has 0 spiro atoms. The van der Waals surface area contributed by atoms with Crippen LogP contribution in [0.1, 0.15) is 48.3 Å². The molecule has 1 fully saturated rings. The lowest BCUT2D eigenvalue weighted by Gasteiger charge is -2.35. The number of hydrogen-bond acceptors (Lipinski definition) is 7. The highest BCUT2D eigenvalue weighted by Crippen LogP contribution is 2.40. The Hall–Kier alpha value is -3.96. The number of aromatic nitrogens is 4. The summed E-state index contributed by atoms with van der Waals surface area (Å²) in [7, 11) is 0. The Morgan fingerprint density at radius 1 is 1.13 bits per heavy atom. The molecular weight excluding hydrogens is 512 g/mol. The van der Waals surface area contributed by atoms with E-state index in [4.69, 9.17) is 9.51 Å². The number of carbonyl (C=O) groups is 1. The van der Waals surface area contributed by atoms with Crippen LogP contribution in [-0.2, 0) is 11.4 Å². The Balaban J connectivity index is 1.56. The number of anilines is 1. The average Bonchev–Trinajstić information content (AvgIpc) is 3.61. The van der Waals surface area contributed by atoms with Gasteiger partial charge in [-0.1, -0.05) is 11.2 Å². The van der Waals surface area contributed by atoms with Crippen molar-refractivity contribution in [3.05, 3.63) is 76.4 Å². The second-order valence-electron chi connectivity index (χ2n) is 9.26. The molecule has 38 heavy (non-hydrogen) atoms. The number of carbonyl (C=O) groups excluding carboxylic acids is 1. The van der Waals surface area contributed by atoms with Crippen LogP contribution in [0.3, 0.4) is 0 Å². The van der Waals surface area contributed by atoms with Gasteiger partial charge in [-0.05, 0) is 56.5 Å². The van der Waals surface area contributed by atoms with E-state index < -0.39 is 17.7 Å². The van der Waals surface area contributed by atoms with Crippen LogP contribution in [0.4, 0.5) is 14.5 Å². The van der Waals surface area contributed by atoms with Gasteiger partial charge in [-0.15, -0.1) is 11.3 Å². The molecule has 0 radical (unpaired) electrons. The van der Waals surface area contributed by atoms with Crippen molar-refractivity contribution in [3.8, 4) is 16.3 Å². The first kappa shape index (κ1) is 24.4. The Labute approximate surface area is 220 Å². The summed E-state index contributed by atoms with van der Waals surface area (Å²) in [5, 5.41) is 16.0. The fraction of sp³-hybridized carbons (Fsp3) is 0.259. The lowest BCUT2D eigenvalue weighted by molar-refractivity contribution is -0.120. The number of nitrogens with zero attached hydrogens (tertiary/aromatic N) is 5. The van der Waals surface area contributed by atoms with Gasteiger partial charge in [-0.25, -0.2) is 18.7 Å². The molecule has 0 aliphatic carbocycles. The summed E-state index contributed by atoms with van der Waals surface area (Å²) < 4.78 is 35.2. The van der Waals surface area contributed by atoms with Gasteiger partial charge in [0.15, 0.2) is 16.8 Å². The fourth-order valence-corrected chi connectivity index (χ4v) is 5.96. The third-order valence-electron chi connectivity index (χ3n) is 6.82. The number of amides is 1. The molecule has 1 N–H and O–H groups in total. The number of fused-ring (bicyclic) bond motifs is 1. The summed E-state index contributed by atoms with van der Waals surface area (Å²) >= 11 is 1.35. The van der Waals surface area contributed by atoms with Gasteiger partial charge in [0, 0.05) is 29.1 Å². The zero-order valence-corrected chi connectivity index (χ0v) is 21.4. The number of hydrogen-bond donors (Lipinski definition) is 1. The van der Waals surface area contributed by atoms with Crippen LogP contribution in [-0.4, -0.2) is 30.7 Å². The minimum Gasteiger partial charge on any atom is -0.390 e. The molecule has 5 aromatic rings. The third-order valence-corrected chi connectivity index (χ3v) is 7.70. The van der Waals surface area contributed by atoms with E-state index in [1.807, 2.05) is 36.6 Å². The van der Waals surface area contributed by atoms with Gasteiger partial charge < -0.3 is 14.5 Å². The predicted octanol–water partition coefficient (Wildman–Crippen LogP) is 5.78. The maximum atomic E-state index is 14.2. The zero-order chi connectivity index (χ0) is 26.6. The van der Waals surface area contributed by atoms with Crippen molar-refractivity contribution in [3.63, 3.8) is 0 Å². The van der Waals surface area contributed by atoms with Crippen molar-refractivity contribution < 1.29 is 23.2 Å². The van der Waals surface area contributed by atoms with Crippen LogP contribution >= 0.6 is 11.3 Å². The SMILES string of the molecule is Cc1noc(C)c1-c1ccc2c(c1)nc([C@@H]1CCCC(=O)N1c1ccc(F)c(F)c1)n2-c1nc(CO)cs1. The quantitative estimate of drug-likeness (QED) is 0.306. The molecule has 3 aromatic heterocycles. The number of imidazole rings is 1. The first-order valence-corrected chi connectivity index (χ1v) is 13.0. The van der Waals surface area contributed by atoms with Gasteiger partial charge in [0.05, 0.1) is 35.1 Å². The normalized spacial score (nSPS) is 16.1. The highest BCUT2D eigenvalue weighted by molar-refractivity contribution is 7.12. The van der Waals surface area contributed by atoms with Gasteiger partial charge in [0.1, 0.15) is 11.6 Å². The van der Waals surface area contributed by atoms with Crippen molar-refractivity contribution in [1.29, 1.82) is 0 Å². The molecule has 6 rings (SSSR count). The van der Waals surface area contributed by atoms with Crippen LogP contribution in [0.2, 0.25) is 0 Å². The molecular formula is C27H23F2N5O3S. The van der Waals surface area contributed by atoms with Crippen LogP contribution in [0.25, 0.3) is 27.3 Å². The van der Waals surface area contributed by atoms with E-state index in [2.05, 4.69) is 10.1 Å². The van der Waals surface area contributed by atoms with E-state index in [1.165, 1.54) is 22.3 Å². The molecule has 1 amide bonds. The molecule has 4 heterocycles. The Bertz CT molecular complexity index is 1670. The van der Waals surface area contributed by atoms with Crippen molar-refractivity contribution in [1.82, 2.24) is 19.7 Å². The molecule has 194 valence electrons. The number of rotatable bonds is 5. The Morgan fingerprint density at radius 3 is 2.68 bits per heavy atom. The van der Waals surface area contributed by atoms with Crippen LogP contribution in [0.15, 0.2) is 46.3 Å². The largest absolute Gasteiger partial charge is 0.390 e. The van der Waals surface area contributed by atoms with E-state index in [1.54, 1.807) is 5.38 Å². The van der Waals surface area contributed by atoms with Gasteiger partial charge in [0.25, 0.3) is 0 Å². The first-order valence-electron chi connectivity index (χ1n) is 12.1. The molecule has 8 nitrogen and oxygen atoms in total. The van der Waals surface area contributed by atoms with Crippen molar-refractivity contribution in [2.24, 2.45) is 0 Å². The van der Waals surface area contributed by atoms with Crippen LogP contribution < -0.4 is 4.90 Å². The lowest BCUT2D eigenvalue weighted by atomic mass is 9.99. The molecule has 1 saturated heterocycles. The van der Waals surface area contributed by atoms with Gasteiger partial charge >= 0.3 is 0 Å². The van der Waals surface area contributed by atoms with Crippen molar-refractivity contribution >= 4 is 34.0 Å². The Morgan fingerprint density at radius 2 is 1.97 bits per heavy atom. The monoisotopic (exact) mass is 535 g/mol. The molecule has 11 heteroatoms. The first-order chi connectivity index (χ1) is 18.4. The molecule has 1 aliphatic heterocycles. The highest BCUT2D eigenvalue weighted by atomic mass is 32.1. The summed E-state index contributed by atoms with van der Waals surface area (Å²) in [5.41, 5.74) is 4.75. The maximum Gasteiger partial charge on any atom is 0.227 e. The molecule has 1 atom stereocenters. The minimum atomic E-state index is -1.02. The van der Waals surface area contributed by atoms with Crippen molar-refractivity contribution in [2.75, 3.05) is 4.90 Å². The smallest absolute Gasteiger partial charge is 0.227 e. The topological polar surface area (TPSA) is 97.3 Å². The number of halogens is 2. The standard InChI is InChI=1S/C27H23F2N5O3S/c1-14-25(15(2)37-32-14)16-6-9-22-21(10-16)31-26(34(22)27-30-17(12-35)13-38-27)23-4-3-5-24(36)33(23)18-7-8-19(28)20(29)11-18/h6-11,13,23,35H,3-5,12H2,1-2H3/t23-/m0/s1. The number of thiazole rings is 1. The van der Waals surface area contributed by atoms with E-state index in [0.29, 0.717) is 40.8 Å². The Kier molecular flexibility index (Phi) is 6.04. The van der Waals surface area contributed by atoms with Crippen LogP contribution in [0.5, 0.6) is 0 Å². The summed E-state index contributed by atoms with van der Waals surface area (Å²) in [6.45, 7) is 3.51. The van der Waals surface area contributed by atoms with Gasteiger partial charge in [-0.2, -0.15) is 0 Å². The van der Waals surface area contributed by atoms with Crippen LogP contribution in [0, 0.1) is 25.5 Å². The van der Waals surface area contributed by atoms with E-state index in [-0.39, 0.29) is 24.6 Å². The maximum absolute atomic E-state index is 14.2.